The van der Waals surface area contributed by atoms with E-state index in [1.807, 2.05) is 0 Å². The lowest BCUT2D eigenvalue weighted by atomic mass is 10.0. The summed E-state index contributed by atoms with van der Waals surface area (Å²) in [7, 11) is 1.17. The van der Waals surface area contributed by atoms with Crippen LogP contribution in [0.4, 0.5) is 13.2 Å². The van der Waals surface area contributed by atoms with Crippen molar-refractivity contribution in [3.8, 4) is 0 Å². The first-order chi connectivity index (χ1) is 9.66. The highest BCUT2D eigenvalue weighted by Gasteiger charge is 2.31. The molecule has 0 bridgehead atoms. The summed E-state index contributed by atoms with van der Waals surface area (Å²) in [5.41, 5.74) is -1.09. The number of hydrogen-bond donors (Lipinski definition) is 1. The second-order valence-corrected chi connectivity index (χ2v) is 4.80. The van der Waals surface area contributed by atoms with Crippen molar-refractivity contribution < 1.29 is 27.5 Å². The molecule has 0 fully saturated rings. The van der Waals surface area contributed by atoms with Gasteiger partial charge in [-0.25, -0.2) is 4.79 Å². The summed E-state index contributed by atoms with van der Waals surface area (Å²) in [5, 5.41) is 2.38. The molecular formula is C14H16F3NO3. The smallest absolute Gasteiger partial charge is 0.416 e. The number of rotatable bonds is 4. The van der Waals surface area contributed by atoms with Crippen LogP contribution >= 0.6 is 0 Å². The summed E-state index contributed by atoms with van der Waals surface area (Å²) in [6, 6.07) is 3.08. The molecule has 1 rings (SSSR count). The van der Waals surface area contributed by atoms with Gasteiger partial charge < -0.3 is 10.1 Å². The summed E-state index contributed by atoms with van der Waals surface area (Å²) in [6.07, 6.45) is -4.53. The minimum atomic E-state index is -4.53. The van der Waals surface area contributed by atoms with Crippen LogP contribution in [0, 0.1) is 5.92 Å². The Morgan fingerprint density at radius 1 is 1.24 bits per heavy atom. The highest BCUT2D eigenvalue weighted by Crippen LogP contribution is 2.29. The van der Waals surface area contributed by atoms with Crippen molar-refractivity contribution in [1.29, 1.82) is 0 Å². The topological polar surface area (TPSA) is 55.4 Å². The van der Waals surface area contributed by atoms with E-state index in [9.17, 15) is 22.8 Å². The number of halogens is 3. The maximum absolute atomic E-state index is 12.6. The van der Waals surface area contributed by atoms with Crippen LogP contribution in [0.5, 0.6) is 0 Å². The number of esters is 1. The lowest BCUT2D eigenvalue weighted by Crippen LogP contribution is -2.45. The van der Waals surface area contributed by atoms with E-state index in [0.29, 0.717) is 0 Å². The van der Waals surface area contributed by atoms with Crippen LogP contribution in [0.1, 0.15) is 29.8 Å². The molecule has 0 aliphatic carbocycles. The van der Waals surface area contributed by atoms with E-state index < -0.39 is 29.7 Å². The Balaban J connectivity index is 2.96. The number of benzene rings is 1. The Labute approximate surface area is 120 Å². The van der Waals surface area contributed by atoms with Gasteiger partial charge in [-0.3, -0.25) is 4.79 Å². The van der Waals surface area contributed by atoms with Gasteiger partial charge in [-0.1, -0.05) is 19.9 Å². The molecular weight excluding hydrogens is 287 g/mol. The van der Waals surface area contributed by atoms with E-state index in [0.717, 1.165) is 18.2 Å². The van der Waals surface area contributed by atoms with Gasteiger partial charge in [-0.05, 0) is 24.1 Å². The Hall–Kier alpha value is -2.05. The molecule has 7 heteroatoms. The Kier molecular flexibility index (Phi) is 5.34. The zero-order valence-corrected chi connectivity index (χ0v) is 11.8. The molecule has 0 saturated heterocycles. The summed E-state index contributed by atoms with van der Waals surface area (Å²) >= 11 is 0. The van der Waals surface area contributed by atoms with Gasteiger partial charge in [-0.2, -0.15) is 13.2 Å². The molecule has 0 radical (unpaired) electrons. The number of amides is 1. The van der Waals surface area contributed by atoms with Crippen molar-refractivity contribution in [2.75, 3.05) is 7.11 Å². The minimum Gasteiger partial charge on any atom is -0.467 e. The maximum Gasteiger partial charge on any atom is 0.416 e. The first-order valence-corrected chi connectivity index (χ1v) is 6.22. The zero-order valence-electron chi connectivity index (χ0n) is 11.8. The molecule has 0 spiro atoms. The van der Waals surface area contributed by atoms with Crippen LogP contribution < -0.4 is 5.32 Å². The summed E-state index contributed by atoms with van der Waals surface area (Å²) in [6.45, 7) is 3.38. The van der Waals surface area contributed by atoms with E-state index in [4.69, 9.17) is 0 Å². The van der Waals surface area contributed by atoms with Crippen molar-refractivity contribution in [3.05, 3.63) is 35.4 Å². The number of methoxy groups -OCH3 is 1. The van der Waals surface area contributed by atoms with Crippen LogP contribution in [-0.2, 0) is 15.7 Å². The fourth-order valence-electron chi connectivity index (χ4n) is 1.69. The average molecular weight is 303 g/mol. The molecule has 1 N–H and O–H groups in total. The van der Waals surface area contributed by atoms with Gasteiger partial charge in [0.25, 0.3) is 5.91 Å². The molecule has 1 atom stereocenters. The lowest BCUT2D eigenvalue weighted by molar-refractivity contribution is -0.144. The maximum atomic E-state index is 12.6. The fourth-order valence-corrected chi connectivity index (χ4v) is 1.69. The first kappa shape index (κ1) is 17.0. The number of carbonyl (C=O) groups excluding carboxylic acids is 2. The summed E-state index contributed by atoms with van der Waals surface area (Å²) < 4.78 is 42.4. The van der Waals surface area contributed by atoms with E-state index in [2.05, 4.69) is 10.1 Å². The number of nitrogens with one attached hydrogen (secondary N) is 1. The fraction of sp³-hybridized carbons (Fsp3) is 0.429. The molecule has 0 aromatic heterocycles. The molecule has 1 amide bonds. The molecule has 1 unspecified atom stereocenters. The molecule has 0 heterocycles. The standard InChI is InChI=1S/C14H16F3NO3/c1-8(2)11(13(20)21-3)18-12(19)9-5-4-6-10(7-9)14(15,16)17/h4-8,11H,1-3H3,(H,18,19). The molecule has 1 aromatic rings. The van der Waals surface area contributed by atoms with Gasteiger partial charge >= 0.3 is 12.1 Å². The molecule has 0 aliphatic heterocycles. The van der Waals surface area contributed by atoms with Crippen LogP contribution in [0.15, 0.2) is 24.3 Å². The van der Waals surface area contributed by atoms with Gasteiger partial charge in [0, 0.05) is 5.56 Å². The molecule has 0 saturated carbocycles. The van der Waals surface area contributed by atoms with E-state index in [1.54, 1.807) is 13.8 Å². The predicted molar refractivity (Wildman–Crippen MR) is 69.6 cm³/mol. The molecule has 21 heavy (non-hydrogen) atoms. The van der Waals surface area contributed by atoms with Crippen molar-refractivity contribution in [2.45, 2.75) is 26.1 Å². The monoisotopic (exact) mass is 303 g/mol. The SMILES string of the molecule is COC(=O)C(NC(=O)c1cccc(C(F)(F)F)c1)C(C)C. The van der Waals surface area contributed by atoms with Crippen molar-refractivity contribution in [2.24, 2.45) is 5.92 Å². The minimum absolute atomic E-state index is 0.167. The highest BCUT2D eigenvalue weighted by molar-refractivity contribution is 5.97. The normalized spacial score (nSPS) is 12.9. The Bertz CT molecular complexity index is 526. The summed E-state index contributed by atoms with van der Waals surface area (Å²) in [5.74, 6) is -1.66. The third-order valence-electron chi connectivity index (χ3n) is 2.86. The van der Waals surface area contributed by atoms with Gasteiger partial charge in [0.05, 0.1) is 12.7 Å². The van der Waals surface area contributed by atoms with Gasteiger partial charge in [-0.15, -0.1) is 0 Å². The van der Waals surface area contributed by atoms with Crippen LogP contribution in [0.25, 0.3) is 0 Å². The van der Waals surface area contributed by atoms with Crippen LogP contribution in [0.2, 0.25) is 0 Å². The van der Waals surface area contributed by atoms with E-state index in [-0.39, 0.29) is 11.5 Å². The molecule has 0 aliphatic rings. The largest absolute Gasteiger partial charge is 0.467 e. The second-order valence-electron chi connectivity index (χ2n) is 4.80. The van der Waals surface area contributed by atoms with E-state index >= 15 is 0 Å². The third kappa shape index (κ3) is 4.47. The summed E-state index contributed by atoms with van der Waals surface area (Å²) in [4.78, 5) is 23.5. The molecule has 116 valence electrons. The quantitative estimate of drug-likeness (QED) is 0.870. The second kappa shape index (κ2) is 6.60. The van der Waals surface area contributed by atoms with Gasteiger partial charge in [0.15, 0.2) is 0 Å². The lowest BCUT2D eigenvalue weighted by Gasteiger charge is -2.20. The number of carbonyl (C=O) groups is 2. The van der Waals surface area contributed by atoms with Crippen LogP contribution in [-0.4, -0.2) is 25.0 Å². The predicted octanol–water partition coefficient (Wildman–Crippen LogP) is 2.63. The number of alkyl halides is 3. The Morgan fingerprint density at radius 3 is 2.33 bits per heavy atom. The number of ether oxygens (including phenoxy) is 1. The highest BCUT2D eigenvalue weighted by atomic mass is 19.4. The first-order valence-electron chi connectivity index (χ1n) is 6.22. The van der Waals surface area contributed by atoms with Gasteiger partial charge in [0.1, 0.15) is 6.04 Å². The van der Waals surface area contributed by atoms with Gasteiger partial charge in [0.2, 0.25) is 0 Å². The molecule has 1 aromatic carbocycles. The third-order valence-corrected chi connectivity index (χ3v) is 2.86. The average Bonchev–Trinajstić information content (AvgIpc) is 2.42. The van der Waals surface area contributed by atoms with Crippen molar-refractivity contribution in [3.63, 3.8) is 0 Å². The van der Waals surface area contributed by atoms with Crippen molar-refractivity contribution in [1.82, 2.24) is 5.32 Å². The van der Waals surface area contributed by atoms with Crippen molar-refractivity contribution >= 4 is 11.9 Å². The zero-order chi connectivity index (χ0) is 16.2. The van der Waals surface area contributed by atoms with Crippen LogP contribution in [0.3, 0.4) is 0 Å². The number of hydrogen-bond acceptors (Lipinski definition) is 3. The Morgan fingerprint density at radius 2 is 1.86 bits per heavy atom. The van der Waals surface area contributed by atoms with E-state index in [1.165, 1.54) is 13.2 Å². The molecule has 4 nitrogen and oxygen atoms in total.